The maximum Gasteiger partial charge on any atom is 0.250 e. The summed E-state index contributed by atoms with van der Waals surface area (Å²) in [6.45, 7) is 1.98. The number of rotatable bonds is 3. The molecule has 0 radical (unpaired) electrons. The molecule has 0 unspecified atom stereocenters. The molecule has 6 heteroatoms. The summed E-state index contributed by atoms with van der Waals surface area (Å²) in [5, 5.41) is 5.84. The van der Waals surface area contributed by atoms with Crippen LogP contribution >= 0.6 is 34.8 Å². The molecule has 108 valence electrons. The molecule has 1 aromatic heterocycles. The Hall–Kier alpha value is -1.67. The highest BCUT2D eigenvalue weighted by Crippen LogP contribution is 2.17. The number of anilines is 1. The van der Waals surface area contributed by atoms with Gasteiger partial charge in [0.2, 0.25) is 5.91 Å². The molecule has 0 saturated carbocycles. The Morgan fingerprint density at radius 3 is 2.86 bits per heavy atom. The van der Waals surface area contributed by atoms with Crippen molar-refractivity contribution in [2.24, 2.45) is 0 Å². The molecule has 0 spiro atoms. The number of hydrogen-bond acceptors (Lipinski definition) is 3. The zero-order chi connectivity index (χ0) is 15.2. The summed E-state index contributed by atoms with van der Waals surface area (Å²) in [6.07, 6.45) is 4.49. The van der Waals surface area contributed by atoms with Crippen LogP contribution < -0.4 is 10.6 Å². The lowest BCUT2D eigenvalue weighted by molar-refractivity contribution is -0.115. The SMILES string of the molecule is Cc1cc(I)ccc1NC(=S)NC(=O)C=Cc1ccco1. The Morgan fingerprint density at radius 1 is 1.38 bits per heavy atom. The van der Waals surface area contributed by atoms with E-state index in [0.717, 1.165) is 14.8 Å². The Bertz CT molecular complexity index is 681. The van der Waals surface area contributed by atoms with Crippen LogP contribution in [-0.2, 0) is 4.79 Å². The lowest BCUT2D eigenvalue weighted by Gasteiger charge is -2.10. The van der Waals surface area contributed by atoms with Gasteiger partial charge in [0.25, 0.3) is 0 Å². The van der Waals surface area contributed by atoms with Crippen LogP contribution in [0.5, 0.6) is 0 Å². The van der Waals surface area contributed by atoms with Crippen molar-refractivity contribution in [3.8, 4) is 0 Å². The predicted octanol–water partition coefficient (Wildman–Crippen LogP) is 3.72. The first-order valence-corrected chi connectivity index (χ1v) is 7.63. The summed E-state index contributed by atoms with van der Waals surface area (Å²) in [6, 6.07) is 9.44. The molecule has 2 N–H and O–H groups in total. The largest absolute Gasteiger partial charge is 0.465 e. The molecule has 2 aromatic rings. The Balaban J connectivity index is 1.90. The summed E-state index contributed by atoms with van der Waals surface area (Å²) < 4.78 is 6.24. The highest BCUT2D eigenvalue weighted by Gasteiger charge is 2.04. The van der Waals surface area contributed by atoms with Gasteiger partial charge in [-0.15, -0.1) is 0 Å². The number of thiocarbonyl (C=S) groups is 1. The Morgan fingerprint density at radius 2 is 2.19 bits per heavy atom. The van der Waals surface area contributed by atoms with E-state index in [2.05, 4.69) is 33.2 Å². The molecule has 1 amide bonds. The standard InChI is InChI=1S/C15H13IN2O2S/c1-10-9-11(16)4-6-13(10)17-15(21)18-14(19)7-5-12-3-2-8-20-12/h2-9H,1H3,(H2,17,18,19,21). The van der Waals surface area contributed by atoms with Crippen LogP contribution in [-0.4, -0.2) is 11.0 Å². The molecular weight excluding hydrogens is 399 g/mol. The highest BCUT2D eigenvalue weighted by molar-refractivity contribution is 14.1. The second-order valence-corrected chi connectivity index (χ2v) is 5.91. The zero-order valence-corrected chi connectivity index (χ0v) is 14.2. The second-order valence-electron chi connectivity index (χ2n) is 4.25. The summed E-state index contributed by atoms with van der Waals surface area (Å²) in [4.78, 5) is 11.7. The van der Waals surface area contributed by atoms with Crippen molar-refractivity contribution in [1.29, 1.82) is 0 Å². The number of carbonyl (C=O) groups is 1. The molecule has 0 fully saturated rings. The topological polar surface area (TPSA) is 54.3 Å². The maximum atomic E-state index is 11.7. The lowest BCUT2D eigenvalue weighted by atomic mass is 10.2. The van der Waals surface area contributed by atoms with Gasteiger partial charge < -0.3 is 9.73 Å². The van der Waals surface area contributed by atoms with Gasteiger partial charge in [-0.1, -0.05) is 0 Å². The number of aryl methyl sites for hydroxylation is 1. The van der Waals surface area contributed by atoms with Crippen LogP contribution in [0.2, 0.25) is 0 Å². The monoisotopic (exact) mass is 412 g/mol. The van der Waals surface area contributed by atoms with E-state index < -0.39 is 0 Å². The van der Waals surface area contributed by atoms with Crippen LogP contribution in [0.15, 0.2) is 47.1 Å². The molecule has 0 atom stereocenters. The highest BCUT2D eigenvalue weighted by atomic mass is 127. The van der Waals surface area contributed by atoms with Gasteiger partial charge in [0.1, 0.15) is 5.76 Å². The Labute approximate surface area is 141 Å². The number of nitrogens with one attached hydrogen (secondary N) is 2. The average molecular weight is 412 g/mol. The minimum atomic E-state index is -0.313. The fraction of sp³-hybridized carbons (Fsp3) is 0.0667. The molecule has 2 rings (SSSR count). The molecule has 1 heterocycles. The first-order valence-electron chi connectivity index (χ1n) is 6.14. The third kappa shape index (κ3) is 4.98. The van der Waals surface area contributed by atoms with E-state index in [1.54, 1.807) is 24.5 Å². The van der Waals surface area contributed by atoms with Crippen molar-refractivity contribution in [2.45, 2.75) is 6.92 Å². The van der Waals surface area contributed by atoms with Crippen LogP contribution in [0.25, 0.3) is 6.08 Å². The number of hydrogen-bond donors (Lipinski definition) is 2. The summed E-state index contributed by atoms with van der Waals surface area (Å²) in [5.41, 5.74) is 1.93. The van der Waals surface area contributed by atoms with Crippen LogP contribution in [0, 0.1) is 10.5 Å². The molecule has 0 saturated heterocycles. The maximum absolute atomic E-state index is 11.7. The molecule has 0 aliphatic rings. The van der Waals surface area contributed by atoms with Crippen LogP contribution in [0.1, 0.15) is 11.3 Å². The number of amides is 1. The summed E-state index contributed by atoms with van der Waals surface area (Å²) >= 11 is 7.36. The zero-order valence-electron chi connectivity index (χ0n) is 11.2. The molecule has 4 nitrogen and oxygen atoms in total. The fourth-order valence-electron chi connectivity index (χ4n) is 1.62. The van der Waals surface area contributed by atoms with Crippen LogP contribution in [0.4, 0.5) is 5.69 Å². The van der Waals surface area contributed by atoms with Crippen molar-refractivity contribution in [1.82, 2.24) is 5.32 Å². The molecular formula is C15H13IN2O2S. The van der Waals surface area contributed by atoms with Crippen molar-refractivity contribution in [2.75, 3.05) is 5.32 Å². The number of carbonyl (C=O) groups excluding carboxylic acids is 1. The van der Waals surface area contributed by atoms with Crippen molar-refractivity contribution >= 4 is 57.6 Å². The van der Waals surface area contributed by atoms with Gasteiger partial charge in [0.15, 0.2) is 5.11 Å². The molecule has 0 aliphatic heterocycles. The summed E-state index contributed by atoms with van der Waals surface area (Å²) in [7, 11) is 0. The predicted molar refractivity (Wildman–Crippen MR) is 96.0 cm³/mol. The van der Waals surface area contributed by atoms with Gasteiger partial charge in [-0.2, -0.15) is 0 Å². The third-order valence-corrected chi connectivity index (χ3v) is 3.49. The first kappa shape index (κ1) is 15.7. The lowest BCUT2D eigenvalue weighted by Crippen LogP contribution is -2.33. The van der Waals surface area contributed by atoms with E-state index in [0.29, 0.717) is 5.76 Å². The number of furan rings is 1. The third-order valence-electron chi connectivity index (χ3n) is 2.62. The molecule has 1 aromatic carbocycles. The normalized spacial score (nSPS) is 10.6. The van der Waals surface area contributed by atoms with E-state index in [-0.39, 0.29) is 11.0 Å². The van der Waals surface area contributed by atoms with E-state index in [1.165, 1.54) is 6.08 Å². The van der Waals surface area contributed by atoms with E-state index in [1.807, 2.05) is 25.1 Å². The van der Waals surface area contributed by atoms with E-state index in [9.17, 15) is 4.79 Å². The number of halogens is 1. The Kier molecular flexibility index (Phi) is 5.51. The minimum Gasteiger partial charge on any atom is -0.465 e. The fourth-order valence-corrected chi connectivity index (χ4v) is 2.48. The average Bonchev–Trinajstić information content (AvgIpc) is 2.93. The van der Waals surface area contributed by atoms with Crippen LogP contribution in [0.3, 0.4) is 0 Å². The van der Waals surface area contributed by atoms with Crippen molar-refractivity contribution < 1.29 is 9.21 Å². The smallest absolute Gasteiger partial charge is 0.250 e. The molecule has 0 aliphatic carbocycles. The van der Waals surface area contributed by atoms with E-state index in [4.69, 9.17) is 16.6 Å². The van der Waals surface area contributed by atoms with Gasteiger partial charge in [-0.25, -0.2) is 0 Å². The van der Waals surface area contributed by atoms with E-state index >= 15 is 0 Å². The quantitative estimate of drug-likeness (QED) is 0.459. The number of benzene rings is 1. The van der Waals surface area contributed by atoms with Crippen molar-refractivity contribution in [3.63, 3.8) is 0 Å². The van der Waals surface area contributed by atoms with Gasteiger partial charge in [0.05, 0.1) is 6.26 Å². The van der Waals surface area contributed by atoms with Gasteiger partial charge in [0, 0.05) is 15.3 Å². The van der Waals surface area contributed by atoms with Crippen molar-refractivity contribution in [3.05, 3.63) is 57.6 Å². The van der Waals surface area contributed by atoms with Gasteiger partial charge in [-0.3, -0.25) is 10.1 Å². The molecule has 21 heavy (non-hydrogen) atoms. The van der Waals surface area contributed by atoms with Gasteiger partial charge >= 0.3 is 0 Å². The summed E-state index contributed by atoms with van der Waals surface area (Å²) in [5.74, 6) is 0.296. The van der Waals surface area contributed by atoms with Gasteiger partial charge in [-0.05, 0) is 83.7 Å². The molecule has 0 bridgehead atoms. The first-order chi connectivity index (χ1) is 10.0. The minimum absolute atomic E-state index is 0.258. The second kappa shape index (κ2) is 7.37.